The summed E-state index contributed by atoms with van der Waals surface area (Å²) in [5.74, 6) is 0.408. The molecule has 0 unspecified atom stereocenters. The highest BCUT2D eigenvalue weighted by atomic mass is 127. The zero-order valence-electron chi connectivity index (χ0n) is 8.35. The number of nitrogens with zero attached hydrogens (tertiary/aromatic N) is 1. The maximum Gasteiger partial charge on any atom is 0.131 e. The monoisotopic (exact) mass is 398 g/mol. The summed E-state index contributed by atoms with van der Waals surface area (Å²) < 4.78 is 0.967. The van der Waals surface area contributed by atoms with Crippen molar-refractivity contribution in [2.45, 2.75) is 0 Å². The molecular formula is C11H6Cl3IN2. The lowest BCUT2D eigenvalue weighted by Crippen LogP contribution is -1.95. The van der Waals surface area contributed by atoms with Gasteiger partial charge in [0.15, 0.2) is 0 Å². The minimum Gasteiger partial charge on any atom is -0.383 e. The summed E-state index contributed by atoms with van der Waals surface area (Å²) in [4.78, 5) is 4.08. The number of nitrogen functional groups attached to an aromatic ring is 1. The fourth-order valence-corrected chi connectivity index (χ4v) is 2.49. The summed E-state index contributed by atoms with van der Waals surface area (Å²) in [6.45, 7) is 0. The Morgan fingerprint density at radius 2 is 1.59 bits per heavy atom. The van der Waals surface area contributed by atoms with Crippen molar-refractivity contribution in [1.29, 1.82) is 0 Å². The van der Waals surface area contributed by atoms with Crippen LogP contribution in [0.4, 0.5) is 5.82 Å². The largest absolute Gasteiger partial charge is 0.383 e. The summed E-state index contributed by atoms with van der Waals surface area (Å²) in [5, 5.41) is 1.34. The van der Waals surface area contributed by atoms with Gasteiger partial charge in [0, 0.05) is 20.9 Å². The maximum atomic E-state index is 6.13. The minimum atomic E-state index is 0.408. The number of benzene rings is 1. The first kappa shape index (κ1) is 13.2. The van der Waals surface area contributed by atoms with E-state index in [1.165, 1.54) is 0 Å². The van der Waals surface area contributed by atoms with Crippen LogP contribution in [0.25, 0.3) is 11.1 Å². The van der Waals surface area contributed by atoms with Gasteiger partial charge < -0.3 is 5.73 Å². The second-order valence-corrected chi connectivity index (χ2v) is 5.80. The molecule has 88 valence electrons. The van der Waals surface area contributed by atoms with E-state index in [1.807, 2.05) is 6.07 Å². The van der Waals surface area contributed by atoms with E-state index in [-0.39, 0.29) is 0 Å². The van der Waals surface area contributed by atoms with Crippen LogP contribution in [0.15, 0.2) is 24.4 Å². The summed E-state index contributed by atoms with van der Waals surface area (Å²) in [7, 11) is 0. The Hall–Kier alpha value is -0.230. The van der Waals surface area contributed by atoms with Crippen molar-refractivity contribution in [1.82, 2.24) is 4.98 Å². The van der Waals surface area contributed by atoms with Crippen LogP contribution < -0.4 is 5.73 Å². The summed E-state index contributed by atoms with van der Waals surface area (Å²) in [5.41, 5.74) is 7.31. The molecular weight excluding hydrogens is 393 g/mol. The number of nitrogens with two attached hydrogens (primary N) is 1. The third-order valence-electron chi connectivity index (χ3n) is 2.19. The van der Waals surface area contributed by atoms with E-state index < -0.39 is 0 Å². The molecule has 0 saturated heterocycles. The molecule has 2 aromatic rings. The molecule has 0 aliphatic carbocycles. The Morgan fingerprint density at radius 3 is 2.29 bits per heavy atom. The molecule has 2 rings (SSSR count). The summed E-state index contributed by atoms with van der Waals surface area (Å²) >= 11 is 20.1. The van der Waals surface area contributed by atoms with E-state index in [9.17, 15) is 0 Å². The number of hydrogen-bond acceptors (Lipinski definition) is 2. The molecule has 1 aromatic heterocycles. The van der Waals surface area contributed by atoms with Crippen LogP contribution in [-0.2, 0) is 0 Å². The van der Waals surface area contributed by atoms with Crippen LogP contribution in [0, 0.1) is 3.57 Å². The normalized spacial score (nSPS) is 10.6. The predicted molar refractivity (Wildman–Crippen MR) is 81.8 cm³/mol. The molecule has 2 nitrogen and oxygen atoms in total. The van der Waals surface area contributed by atoms with Gasteiger partial charge in [-0.25, -0.2) is 4.98 Å². The van der Waals surface area contributed by atoms with Gasteiger partial charge in [-0.1, -0.05) is 34.8 Å². The molecule has 0 fully saturated rings. The molecule has 0 radical (unpaired) electrons. The molecule has 0 spiro atoms. The second-order valence-electron chi connectivity index (χ2n) is 3.33. The standard InChI is InChI=1S/C11H6Cl3IN2/c12-8-3-10(14)9(13)2-6(8)7-1-5(15)4-17-11(7)16/h1-4H,(H2,16,17). The van der Waals surface area contributed by atoms with Crippen LogP contribution in [-0.4, -0.2) is 4.98 Å². The van der Waals surface area contributed by atoms with E-state index in [2.05, 4.69) is 27.6 Å². The fourth-order valence-electron chi connectivity index (χ4n) is 1.39. The van der Waals surface area contributed by atoms with Crippen molar-refractivity contribution in [3.05, 3.63) is 43.0 Å². The summed E-state index contributed by atoms with van der Waals surface area (Å²) in [6, 6.07) is 5.18. The van der Waals surface area contributed by atoms with Gasteiger partial charge in [0.1, 0.15) is 5.82 Å². The van der Waals surface area contributed by atoms with E-state index in [1.54, 1.807) is 18.3 Å². The van der Waals surface area contributed by atoms with Crippen molar-refractivity contribution < 1.29 is 0 Å². The van der Waals surface area contributed by atoms with E-state index in [0.29, 0.717) is 20.9 Å². The van der Waals surface area contributed by atoms with Crippen LogP contribution in [0.3, 0.4) is 0 Å². The lowest BCUT2D eigenvalue weighted by atomic mass is 10.1. The summed E-state index contributed by atoms with van der Waals surface area (Å²) in [6.07, 6.45) is 1.69. The fraction of sp³-hybridized carbons (Fsp3) is 0. The molecule has 2 N–H and O–H groups in total. The third kappa shape index (κ3) is 2.78. The van der Waals surface area contributed by atoms with Gasteiger partial charge in [-0.3, -0.25) is 0 Å². The highest BCUT2D eigenvalue weighted by Crippen LogP contribution is 2.37. The molecule has 0 aliphatic heterocycles. The third-order valence-corrected chi connectivity index (χ3v) is 3.81. The van der Waals surface area contributed by atoms with E-state index in [4.69, 9.17) is 40.5 Å². The van der Waals surface area contributed by atoms with Crippen molar-refractivity contribution in [3.8, 4) is 11.1 Å². The van der Waals surface area contributed by atoms with Crippen molar-refractivity contribution in [2.75, 3.05) is 5.73 Å². The van der Waals surface area contributed by atoms with Crippen molar-refractivity contribution >= 4 is 63.2 Å². The lowest BCUT2D eigenvalue weighted by molar-refractivity contribution is 1.32. The van der Waals surface area contributed by atoms with E-state index >= 15 is 0 Å². The second kappa shape index (κ2) is 5.18. The van der Waals surface area contributed by atoms with Gasteiger partial charge in [0.25, 0.3) is 0 Å². The Balaban J connectivity index is 2.68. The van der Waals surface area contributed by atoms with Gasteiger partial charge in [-0.15, -0.1) is 0 Å². The predicted octanol–water partition coefficient (Wildman–Crippen LogP) is 4.90. The first-order chi connectivity index (χ1) is 7.99. The molecule has 0 amide bonds. The number of rotatable bonds is 1. The Bertz CT molecular complexity index is 587. The van der Waals surface area contributed by atoms with Crippen LogP contribution >= 0.6 is 57.4 Å². The average molecular weight is 399 g/mol. The van der Waals surface area contributed by atoms with Crippen LogP contribution in [0.1, 0.15) is 0 Å². The van der Waals surface area contributed by atoms with Crippen LogP contribution in [0.5, 0.6) is 0 Å². The smallest absolute Gasteiger partial charge is 0.131 e. The molecule has 1 aromatic carbocycles. The number of aromatic nitrogens is 1. The van der Waals surface area contributed by atoms with Crippen LogP contribution in [0.2, 0.25) is 15.1 Å². The average Bonchev–Trinajstić information content (AvgIpc) is 2.27. The first-order valence-electron chi connectivity index (χ1n) is 4.55. The quantitative estimate of drug-likeness (QED) is 0.547. The Morgan fingerprint density at radius 1 is 0.941 bits per heavy atom. The number of anilines is 1. The van der Waals surface area contributed by atoms with Crippen molar-refractivity contribution in [3.63, 3.8) is 0 Å². The minimum absolute atomic E-state index is 0.408. The number of pyridine rings is 1. The first-order valence-corrected chi connectivity index (χ1v) is 6.76. The van der Waals surface area contributed by atoms with Gasteiger partial charge in [0.05, 0.1) is 15.1 Å². The maximum absolute atomic E-state index is 6.13. The van der Waals surface area contributed by atoms with Gasteiger partial charge in [0.2, 0.25) is 0 Å². The molecule has 0 bridgehead atoms. The number of hydrogen-bond donors (Lipinski definition) is 1. The van der Waals surface area contributed by atoms with Crippen molar-refractivity contribution in [2.24, 2.45) is 0 Å². The Kier molecular flexibility index (Phi) is 4.02. The highest BCUT2D eigenvalue weighted by molar-refractivity contribution is 14.1. The van der Waals surface area contributed by atoms with Gasteiger partial charge >= 0.3 is 0 Å². The van der Waals surface area contributed by atoms with Gasteiger partial charge in [-0.2, -0.15) is 0 Å². The Labute approximate surface area is 127 Å². The van der Waals surface area contributed by atoms with E-state index in [0.717, 1.165) is 14.7 Å². The zero-order valence-corrected chi connectivity index (χ0v) is 12.8. The zero-order chi connectivity index (χ0) is 12.6. The molecule has 0 saturated carbocycles. The molecule has 0 aliphatic rings. The lowest BCUT2D eigenvalue weighted by Gasteiger charge is -2.09. The van der Waals surface area contributed by atoms with Gasteiger partial charge in [-0.05, 0) is 40.8 Å². The topological polar surface area (TPSA) is 38.9 Å². The number of halogens is 4. The molecule has 6 heteroatoms. The highest BCUT2D eigenvalue weighted by Gasteiger charge is 2.11. The SMILES string of the molecule is Nc1ncc(I)cc1-c1cc(Cl)c(Cl)cc1Cl. The molecule has 17 heavy (non-hydrogen) atoms. The molecule has 0 atom stereocenters. The molecule has 1 heterocycles.